The van der Waals surface area contributed by atoms with Gasteiger partial charge in [0.2, 0.25) is 0 Å². The molecule has 2 fully saturated rings. The fourth-order valence-corrected chi connectivity index (χ4v) is 34.0. The second-order valence-corrected chi connectivity index (χ2v) is 45.4. The van der Waals surface area contributed by atoms with Gasteiger partial charge in [0.05, 0.1) is 0 Å². The van der Waals surface area contributed by atoms with E-state index in [0.29, 0.717) is 0 Å². The second-order valence-electron chi connectivity index (χ2n) is 30.3. The average Bonchev–Trinajstić information content (AvgIpc) is 1.19. The van der Waals surface area contributed by atoms with Gasteiger partial charge in [-0.15, -0.1) is 11.1 Å². The van der Waals surface area contributed by atoms with Crippen molar-refractivity contribution in [3.05, 3.63) is 246 Å². The minimum absolute atomic E-state index is 0.263. The molecule has 8 bridgehead atoms. The van der Waals surface area contributed by atoms with Crippen LogP contribution >= 0.6 is 69.6 Å². The fraction of sp³-hybridized carbons (Fsp3) is 0.390. The van der Waals surface area contributed by atoms with Crippen LogP contribution < -0.4 is 0 Å². The zero-order valence-corrected chi connectivity index (χ0v) is 62.3. The zero-order chi connectivity index (χ0) is 68.2. The Labute approximate surface area is 596 Å². The van der Waals surface area contributed by atoms with Crippen molar-refractivity contribution in [2.45, 2.75) is 172 Å². The zero-order valence-electron chi connectivity index (χ0n) is 55.8. The molecule has 0 radical (unpaired) electrons. The highest BCUT2D eigenvalue weighted by Gasteiger charge is 2.90. The van der Waals surface area contributed by atoms with Gasteiger partial charge in [-0.05, 0) is 122 Å². The molecule has 8 atom stereocenters. The van der Waals surface area contributed by atoms with Crippen molar-refractivity contribution in [3.63, 3.8) is 0 Å². The highest BCUT2D eigenvalue weighted by atomic mass is 35.6. The Morgan fingerprint density at radius 2 is 0.438 bits per heavy atom. The molecule has 21 rings (SSSR count). The summed E-state index contributed by atoms with van der Waals surface area (Å²) in [5.74, 6) is 1.38. The van der Waals surface area contributed by atoms with Crippen LogP contribution in [-0.2, 0) is 28.7 Å². The molecular weight excluding hydrogens is 1350 g/mol. The highest BCUT2D eigenvalue weighted by molar-refractivity contribution is 6.91. The van der Waals surface area contributed by atoms with Crippen LogP contribution in [0.15, 0.2) is 146 Å². The average molecular weight is 1430 g/mol. The number of carbonyl (C=O) groups is 4. The Kier molecular flexibility index (Phi) is 15.7. The van der Waals surface area contributed by atoms with Crippen molar-refractivity contribution in [2.75, 3.05) is 0 Å². The molecule has 0 aromatic heterocycles. The lowest BCUT2D eigenvalue weighted by molar-refractivity contribution is -0.157. The van der Waals surface area contributed by atoms with Crippen LogP contribution in [0.5, 0.6) is 0 Å². The predicted molar refractivity (Wildman–Crippen MR) is 390 cm³/mol. The Bertz CT molecular complexity index is 4020. The first-order valence-electron chi connectivity index (χ1n) is 34.0. The Morgan fingerprint density at radius 1 is 0.292 bits per heavy atom. The third kappa shape index (κ3) is 7.73. The van der Waals surface area contributed by atoms with Gasteiger partial charge in [-0.3, -0.25) is 19.2 Å². The van der Waals surface area contributed by atoms with Gasteiger partial charge in [0.15, 0.2) is 8.59 Å². The number of rotatable bonds is 6. The van der Waals surface area contributed by atoms with E-state index in [1.54, 1.807) is 0 Å². The molecule has 2 aliphatic heterocycles. The highest BCUT2D eigenvalue weighted by Crippen LogP contribution is 2.89. The fourth-order valence-electron chi connectivity index (χ4n) is 23.6. The summed E-state index contributed by atoms with van der Waals surface area (Å²) in [5, 5.41) is 0. The van der Waals surface area contributed by atoms with Gasteiger partial charge in [0.1, 0.15) is 37.8 Å². The van der Waals surface area contributed by atoms with Crippen molar-refractivity contribution in [1.29, 1.82) is 0 Å². The summed E-state index contributed by atoms with van der Waals surface area (Å²) in [7, 11) is -5.29. The molecule has 2 saturated heterocycles. The summed E-state index contributed by atoms with van der Waals surface area (Å²) in [6.45, 7) is 28.3. The van der Waals surface area contributed by atoms with E-state index >= 15 is 19.2 Å². The maximum atomic E-state index is 16.8. The van der Waals surface area contributed by atoms with Gasteiger partial charge < -0.3 is 9.47 Å². The molecule has 0 amide bonds. The van der Waals surface area contributed by atoms with Gasteiger partial charge in [-0.25, -0.2) is 0 Å². The Morgan fingerprint density at radius 3 is 0.583 bits per heavy atom. The molecule has 12 aliphatic carbocycles. The maximum Gasteiger partial charge on any atom is 0.322 e. The first kappa shape index (κ1) is 66.0. The molecule has 7 aromatic carbocycles. The van der Waals surface area contributed by atoms with Gasteiger partial charge in [-0.1, -0.05) is 310 Å². The van der Waals surface area contributed by atoms with Gasteiger partial charge >= 0.3 is 23.9 Å². The monoisotopic (exact) mass is 1420 g/mol. The van der Waals surface area contributed by atoms with E-state index < -0.39 is 118 Å². The van der Waals surface area contributed by atoms with E-state index in [1.807, 2.05) is 0 Å². The van der Waals surface area contributed by atoms with Crippen molar-refractivity contribution in [2.24, 2.45) is 21.7 Å². The predicted octanol–water partition coefficient (Wildman–Crippen LogP) is 20.7. The van der Waals surface area contributed by atoms with E-state index in [9.17, 15) is 0 Å². The standard InChI is InChI=1S/C80H74O6Si2.2CHCl3/c1-41(2)87(42(3)4,43(5)6)39-37-59-61-63(71-57-35-23-21-33-55(57)69(61)77-65-47-25-13-17-29-51(47)67(52-30-18-14-26-48(52)65)79(71,77)75(83)85-73(77)81)60(38-40-88(44(7)8,45(9)10)46(11)12)64-62(59)70-56-34-22-24-36-58(56)72(64)80-68-53-31-19-15-27-49(53)66(50-28-16-20-32-54(50)68)78(70,80)74(82)86-76(80)84;2*2-1(3)4/h13-36,41-46,65-72H,1-12H3;2*1H/t65?,66?,67?,68?,69-,70-,71+,72+,77+,78+,79-,80-;;. The van der Waals surface area contributed by atoms with E-state index in [0.717, 1.165) is 100 Å². The lowest BCUT2D eigenvalue weighted by Gasteiger charge is -2.70. The van der Waals surface area contributed by atoms with Crippen molar-refractivity contribution in [1.82, 2.24) is 0 Å². The van der Waals surface area contributed by atoms with Gasteiger partial charge in [0.25, 0.3) is 0 Å². The maximum absolute atomic E-state index is 16.8. The topological polar surface area (TPSA) is 86.7 Å². The lowest BCUT2D eigenvalue weighted by atomic mass is 9.27. The molecule has 0 N–H and O–H groups in total. The van der Waals surface area contributed by atoms with Crippen molar-refractivity contribution >= 4 is 110 Å². The number of esters is 4. The quantitative estimate of drug-likeness (QED) is 0.0542. The van der Waals surface area contributed by atoms with Gasteiger partial charge in [-0.2, -0.15) is 0 Å². The number of cyclic esters (lactones) is 4. The number of hydrogen-bond donors (Lipinski definition) is 0. The smallest absolute Gasteiger partial charge is 0.322 e. The Balaban J connectivity index is 0.000000898. The minimum atomic E-state index is -2.65. The van der Waals surface area contributed by atoms with E-state index in [2.05, 4.69) is 252 Å². The number of ether oxygens (including phenoxy) is 2. The minimum Gasteiger partial charge on any atom is -0.392 e. The summed E-state index contributed by atoms with van der Waals surface area (Å²) < 4.78 is 11.9. The molecule has 0 spiro atoms. The van der Waals surface area contributed by atoms with E-state index in [4.69, 9.17) is 79.1 Å². The number of halogens is 6. The van der Waals surface area contributed by atoms with Crippen LogP contribution in [0.2, 0.25) is 33.2 Å². The summed E-state index contributed by atoms with van der Waals surface area (Å²) >= 11 is 28.8. The molecule has 7 aromatic rings. The van der Waals surface area contributed by atoms with Crippen LogP contribution in [0, 0.1) is 44.6 Å². The number of alkyl halides is 6. The number of carbonyl (C=O) groups excluding carboxylic acids is 4. The molecule has 490 valence electrons. The first-order valence-corrected chi connectivity index (χ1v) is 41.1. The normalized spacial score (nSPS) is 28.3. The molecule has 14 heteroatoms. The van der Waals surface area contributed by atoms with Crippen molar-refractivity contribution in [3.8, 4) is 22.9 Å². The van der Waals surface area contributed by atoms with Gasteiger partial charge in [0, 0.05) is 58.5 Å². The van der Waals surface area contributed by atoms with Crippen LogP contribution in [-0.4, -0.2) is 48.6 Å². The first-order chi connectivity index (χ1) is 45.8. The molecule has 6 nitrogen and oxygen atoms in total. The SMILES string of the molecule is CC(C)[Si](C#Cc1c2c(c(C#C[Si](C(C)C)(C(C)C)C(C)C)c3c1[C@H]1c4ccccc4[C@@H]3[C@]34C(=O)OC(=O)[C@]13C1c3ccccc3C4c3ccccc31)[C@@H]1c3ccccc3[C@H]2[C@@]23C(=O)OC(=O)[C@@]12C1c2ccccc2C3c2ccccc21)(C(C)C)C(C)C.ClC(Cl)Cl.ClC(Cl)Cl. The molecule has 0 unspecified atom stereocenters. The third-order valence-corrected chi connectivity index (χ3v) is 38.4. The summed E-state index contributed by atoms with van der Waals surface area (Å²) in [6, 6.07) is 51.6. The van der Waals surface area contributed by atoms with Crippen LogP contribution in [0.3, 0.4) is 0 Å². The molecule has 0 saturated carbocycles. The van der Waals surface area contributed by atoms with Crippen LogP contribution in [0.4, 0.5) is 0 Å². The Hall–Kier alpha value is -5.89. The van der Waals surface area contributed by atoms with E-state index in [1.165, 1.54) is 0 Å². The van der Waals surface area contributed by atoms with Crippen molar-refractivity contribution < 1.29 is 28.7 Å². The molecule has 2 heterocycles. The molecular formula is C82H76Cl6O6Si2. The largest absolute Gasteiger partial charge is 0.392 e. The number of hydrogen-bond acceptors (Lipinski definition) is 6. The molecule has 14 aliphatic rings. The second kappa shape index (κ2) is 22.8. The summed E-state index contributed by atoms with van der Waals surface area (Å²) in [4.78, 5) is 67.1. The number of benzene rings is 7. The van der Waals surface area contributed by atoms with Crippen LogP contribution in [0.25, 0.3) is 0 Å². The summed E-state index contributed by atoms with van der Waals surface area (Å²) in [6.07, 6.45) is 0. The summed E-state index contributed by atoms with van der Waals surface area (Å²) in [5.41, 5.74) is 22.3. The third-order valence-electron chi connectivity index (χ3n) is 25.8. The molecule has 96 heavy (non-hydrogen) atoms. The van der Waals surface area contributed by atoms with E-state index in [-0.39, 0.29) is 33.2 Å². The lowest BCUT2D eigenvalue weighted by Crippen LogP contribution is -2.69. The van der Waals surface area contributed by atoms with Crippen LogP contribution in [0.1, 0.15) is 231 Å².